The molecule has 0 spiro atoms. The number of alkyl halides is 3. The number of anilines is 1. The molecule has 0 aromatic heterocycles. The third kappa shape index (κ3) is 9.19. The van der Waals surface area contributed by atoms with Crippen LogP contribution in [0.3, 0.4) is 0 Å². The van der Waals surface area contributed by atoms with Gasteiger partial charge in [-0.25, -0.2) is 12.8 Å². The van der Waals surface area contributed by atoms with Crippen LogP contribution in [0.5, 0.6) is 0 Å². The number of carbonyl (C=O) groups is 2. The zero-order chi connectivity index (χ0) is 34.2. The van der Waals surface area contributed by atoms with E-state index >= 15 is 0 Å². The van der Waals surface area contributed by atoms with E-state index < -0.39 is 52.0 Å². The number of nitrogens with one attached hydrogen (secondary N) is 1. The van der Waals surface area contributed by atoms with Crippen molar-refractivity contribution in [2.75, 3.05) is 17.4 Å². The van der Waals surface area contributed by atoms with Crippen molar-refractivity contribution in [3.8, 4) is 0 Å². The minimum Gasteiger partial charge on any atom is -0.354 e. The van der Waals surface area contributed by atoms with E-state index in [2.05, 4.69) is 5.32 Å². The van der Waals surface area contributed by atoms with Crippen LogP contribution in [0.4, 0.5) is 23.2 Å². The second kappa shape index (κ2) is 15.3. The molecule has 12 heteroatoms. The molecule has 47 heavy (non-hydrogen) atoms. The standard InChI is InChI=1S/C35H35F4N3O4S/c1-3-20-40-34(44)32(21-26-8-5-4-6-9-26)41(23-27-14-16-29(36)17-15-27)33(43)24-42(30-11-7-10-28(22-30)35(37,38)39)47(45,46)31-18-12-25(2)13-19-31/h4-19,22,32H,3,20-21,23-24H2,1-2H3,(H,40,44). The van der Waals surface area contributed by atoms with Crippen LogP contribution in [0.15, 0.2) is 108 Å². The van der Waals surface area contributed by atoms with Gasteiger partial charge in [-0.2, -0.15) is 13.2 Å². The largest absolute Gasteiger partial charge is 0.416 e. The minimum absolute atomic E-state index is 0.0532. The molecule has 1 atom stereocenters. The highest BCUT2D eigenvalue weighted by molar-refractivity contribution is 7.92. The molecule has 248 valence electrons. The van der Waals surface area contributed by atoms with Crippen LogP contribution < -0.4 is 9.62 Å². The smallest absolute Gasteiger partial charge is 0.354 e. The predicted molar refractivity (Wildman–Crippen MR) is 171 cm³/mol. The minimum atomic E-state index is -4.79. The molecule has 0 saturated heterocycles. The topological polar surface area (TPSA) is 86.8 Å². The fourth-order valence-corrected chi connectivity index (χ4v) is 6.32. The van der Waals surface area contributed by atoms with E-state index in [1.807, 2.05) is 6.92 Å². The third-order valence-corrected chi connectivity index (χ3v) is 9.22. The Balaban J connectivity index is 1.83. The van der Waals surface area contributed by atoms with Crippen LogP contribution >= 0.6 is 0 Å². The molecule has 0 radical (unpaired) electrons. The molecular formula is C35H35F4N3O4S. The lowest BCUT2D eigenvalue weighted by Crippen LogP contribution is -2.53. The first-order chi connectivity index (χ1) is 22.3. The first kappa shape index (κ1) is 35.1. The Labute approximate surface area is 271 Å². The van der Waals surface area contributed by atoms with Crippen LogP contribution in [0.1, 0.15) is 35.6 Å². The first-order valence-electron chi connectivity index (χ1n) is 14.9. The monoisotopic (exact) mass is 669 g/mol. The maximum Gasteiger partial charge on any atom is 0.416 e. The Kier molecular flexibility index (Phi) is 11.4. The maximum atomic E-state index is 14.4. The van der Waals surface area contributed by atoms with Gasteiger partial charge in [0.05, 0.1) is 16.1 Å². The summed E-state index contributed by atoms with van der Waals surface area (Å²) < 4.78 is 83.7. The van der Waals surface area contributed by atoms with Crippen LogP contribution in [0.2, 0.25) is 0 Å². The van der Waals surface area contributed by atoms with Crippen molar-refractivity contribution < 1.29 is 35.6 Å². The molecule has 1 unspecified atom stereocenters. The number of benzene rings is 4. The number of hydrogen-bond donors (Lipinski definition) is 1. The second-order valence-electron chi connectivity index (χ2n) is 11.0. The normalized spacial score (nSPS) is 12.3. The van der Waals surface area contributed by atoms with Gasteiger partial charge in [0.2, 0.25) is 11.8 Å². The van der Waals surface area contributed by atoms with Crippen LogP contribution in [-0.4, -0.2) is 44.3 Å². The Hall–Kier alpha value is -4.71. The molecule has 0 aliphatic heterocycles. The number of aryl methyl sites for hydroxylation is 1. The van der Waals surface area contributed by atoms with Crippen molar-refractivity contribution in [2.45, 2.75) is 50.3 Å². The quantitative estimate of drug-likeness (QED) is 0.165. The number of amides is 2. The van der Waals surface area contributed by atoms with Crippen molar-refractivity contribution in [1.82, 2.24) is 10.2 Å². The molecule has 1 N–H and O–H groups in total. The van der Waals surface area contributed by atoms with Crippen LogP contribution in [0.25, 0.3) is 0 Å². The van der Waals surface area contributed by atoms with Gasteiger partial charge in [-0.3, -0.25) is 13.9 Å². The van der Waals surface area contributed by atoms with Gasteiger partial charge in [0.15, 0.2) is 0 Å². The summed E-state index contributed by atoms with van der Waals surface area (Å²) in [7, 11) is -4.59. The summed E-state index contributed by atoms with van der Waals surface area (Å²) in [5, 5.41) is 2.80. The van der Waals surface area contributed by atoms with Gasteiger partial charge in [0.1, 0.15) is 18.4 Å². The van der Waals surface area contributed by atoms with Crippen LogP contribution in [-0.2, 0) is 38.8 Å². The first-order valence-corrected chi connectivity index (χ1v) is 16.4. The molecule has 0 bridgehead atoms. The maximum absolute atomic E-state index is 14.4. The zero-order valence-electron chi connectivity index (χ0n) is 25.9. The van der Waals surface area contributed by atoms with Gasteiger partial charge in [-0.15, -0.1) is 0 Å². The summed E-state index contributed by atoms with van der Waals surface area (Å²) in [4.78, 5) is 29.0. The van der Waals surface area contributed by atoms with Crippen molar-refractivity contribution in [1.29, 1.82) is 0 Å². The number of rotatable bonds is 13. The number of sulfonamides is 1. The molecular weight excluding hydrogens is 634 g/mol. The van der Waals surface area contributed by atoms with Crippen molar-refractivity contribution in [3.05, 3.63) is 131 Å². The fourth-order valence-electron chi connectivity index (χ4n) is 4.91. The summed E-state index contributed by atoms with van der Waals surface area (Å²) in [6.07, 6.45) is -4.13. The predicted octanol–water partition coefficient (Wildman–Crippen LogP) is 6.51. The summed E-state index contributed by atoms with van der Waals surface area (Å²) >= 11 is 0. The average molecular weight is 670 g/mol. The van der Waals surface area contributed by atoms with E-state index in [4.69, 9.17) is 0 Å². The molecule has 4 aromatic rings. The highest BCUT2D eigenvalue weighted by Crippen LogP contribution is 2.33. The van der Waals surface area contributed by atoms with Crippen LogP contribution in [0, 0.1) is 12.7 Å². The summed E-state index contributed by atoms with van der Waals surface area (Å²) in [6, 6.07) is 22.4. The molecule has 2 amide bonds. The van der Waals surface area contributed by atoms with Gasteiger partial charge in [0, 0.05) is 19.5 Å². The molecule has 4 aromatic carbocycles. The molecule has 0 saturated carbocycles. The SMILES string of the molecule is CCCNC(=O)C(Cc1ccccc1)N(Cc1ccc(F)cc1)C(=O)CN(c1cccc(C(F)(F)F)c1)S(=O)(=O)c1ccc(C)cc1. The summed E-state index contributed by atoms with van der Waals surface area (Å²) in [5.41, 5.74) is 0.426. The molecule has 0 aliphatic rings. The van der Waals surface area contributed by atoms with Gasteiger partial charge < -0.3 is 10.2 Å². The lowest BCUT2D eigenvalue weighted by molar-refractivity contribution is -0.140. The Morgan fingerprint density at radius 2 is 1.51 bits per heavy atom. The van der Waals surface area contributed by atoms with Crippen molar-refractivity contribution >= 4 is 27.5 Å². The number of halogens is 4. The molecule has 7 nitrogen and oxygen atoms in total. The summed E-state index contributed by atoms with van der Waals surface area (Å²) in [5.74, 6) is -1.87. The second-order valence-corrected chi connectivity index (χ2v) is 12.9. The van der Waals surface area contributed by atoms with E-state index in [9.17, 15) is 35.6 Å². The third-order valence-electron chi connectivity index (χ3n) is 7.44. The van der Waals surface area contributed by atoms with Gasteiger partial charge in [-0.05, 0) is 66.9 Å². The van der Waals surface area contributed by atoms with Crippen molar-refractivity contribution in [2.24, 2.45) is 0 Å². The number of hydrogen-bond acceptors (Lipinski definition) is 4. The molecule has 0 heterocycles. The van der Waals surface area contributed by atoms with Crippen molar-refractivity contribution in [3.63, 3.8) is 0 Å². The lowest BCUT2D eigenvalue weighted by Gasteiger charge is -2.34. The zero-order valence-corrected chi connectivity index (χ0v) is 26.7. The summed E-state index contributed by atoms with van der Waals surface area (Å²) in [6.45, 7) is 2.77. The van der Waals surface area contributed by atoms with Gasteiger partial charge >= 0.3 is 6.18 Å². The fraction of sp³-hybridized carbons (Fsp3) is 0.257. The van der Waals surface area contributed by atoms with E-state index in [0.29, 0.717) is 34.5 Å². The van der Waals surface area contributed by atoms with E-state index in [0.717, 1.165) is 17.7 Å². The molecule has 4 rings (SSSR count). The van der Waals surface area contributed by atoms with E-state index in [-0.39, 0.29) is 23.5 Å². The van der Waals surface area contributed by atoms with E-state index in [1.54, 1.807) is 37.3 Å². The Bertz CT molecular complexity index is 1770. The number of nitrogens with zero attached hydrogens (tertiary/aromatic N) is 2. The molecule has 0 aliphatic carbocycles. The van der Waals surface area contributed by atoms with Gasteiger partial charge in [-0.1, -0.05) is 73.2 Å². The molecule has 0 fully saturated rings. The average Bonchev–Trinajstić information content (AvgIpc) is 3.05. The lowest BCUT2D eigenvalue weighted by atomic mass is 10.0. The highest BCUT2D eigenvalue weighted by Gasteiger charge is 2.36. The number of carbonyl (C=O) groups excluding carboxylic acids is 2. The van der Waals surface area contributed by atoms with Gasteiger partial charge in [0.25, 0.3) is 10.0 Å². The Morgan fingerprint density at radius 3 is 2.13 bits per heavy atom. The highest BCUT2D eigenvalue weighted by atomic mass is 32.2. The van der Waals surface area contributed by atoms with E-state index in [1.165, 1.54) is 59.5 Å². The Morgan fingerprint density at radius 1 is 0.851 bits per heavy atom.